The van der Waals surface area contributed by atoms with Gasteiger partial charge in [-0.3, -0.25) is 9.48 Å². The number of amides is 2. The van der Waals surface area contributed by atoms with E-state index in [0.717, 1.165) is 50.3 Å². The number of rotatable bonds is 6. The molecule has 2 amide bonds. The van der Waals surface area contributed by atoms with Gasteiger partial charge in [0.2, 0.25) is 0 Å². The Labute approximate surface area is 251 Å². The largest absolute Gasteiger partial charge is 0.446 e. The van der Waals surface area contributed by atoms with Crippen LogP contribution in [-0.4, -0.2) is 52.4 Å². The summed E-state index contributed by atoms with van der Waals surface area (Å²) in [6.07, 6.45) is 3.74. The van der Waals surface area contributed by atoms with Crippen molar-refractivity contribution in [3.8, 4) is 0 Å². The summed E-state index contributed by atoms with van der Waals surface area (Å²) in [4.78, 5) is 30.0. The van der Waals surface area contributed by atoms with Gasteiger partial charge in [-0.25, -0.2) is 9.18 Å². The number of nitrogens with one attached hydrogen (secondary N) is 2. The van der Waals surface area contributed by atoms with Gasteiger partial charge in [0.25, 0.3) is 5.91 Å². The number of hydrogen-bond donors (Lipinski definition) is 2. The van der Waals surface area contributed by atoms with Crippen LogP contribution >= 0.6 is 11.6 Å². The van der Waals surface area contributed by atoms with E-state index < -0.39 is 17.8 Å². The minimum absolute atomic E-state index is 0.0761. The molecule has 0 bridgehead atoms. The fourth-order valence-electron chi connectivity index (χ4n) is 5.27. The summed E-state index contributed by atoms with van der Waals surface area (Å²) < 4.78 is 22.6. The number of anilines is 3. The van der Waals surface area contributed by atoms with Crippen molar-refractivity contribution in [1.82, 2.24) is 20.0 Å². The third-order valence-electron chi connectivity index (χ3n) is 7.78. The molecule has 1 aromatic heterocycles. The molecule has 5 rings (SSSR count). The summed E-state index contributed by atoms with van der Waals surface area (Å²) in [5.74, 6) is -0.439. The first-order valence-electron chi connectivity index (χ1n) is 14.3. The normalized spacial score (nSPS) is 15.8. The van der Waals surface area contributed by atoms with E-state index in [0.29, 0.717) is 27.4 Å². The van der Waals surface area contributed by atoms with Crippen molar-refractivity contribution in [2.24, 2.45) is 12.5 Å². The molecule has 3 heterocycles. The zero-order valence-corrected chi connectivity index (χ0v) is 25.3. The summed E-state index contributed by atoms with van der Waals surface area (Å²) in [6.45, 7) is 9.87. The molecular formula is C31H38ClFN6O3. The van der Waals surface area contributed by atoms with Crippen molar-refractivity contribution in [1.29, 1.82) is 0 Å². The maximum Gasteiger partial charge on any atom is 0.407 e. The molecule has 1 saturated heterocycles. The number of aromatic nitrogens is 2. The lowest BCUT2D eigenvalue weighted by atomic mass is 9.91. The van der Waals surface area contributed by atoms with Gasteiger partial charge < -0.3 is 25.2 Å². The Kier molecular flexibility index (Phi) is 8.75. The van der Waals surface area contributed by atoms with E-state index >= 15 is 4.39 Å². The summed E-state index contributed by atoms with van der Waals surface area (Å²) in [5, 5.41) is 10.8. The Morgan fingerprint density at radius 2 is 1.93 bits per heavy atom. The SMILES string of the molecule is Cn1ncc2c1Nc1cc(Cl)ccc1N(C(=O)c1ccc(CNC(=O)OC3CCN(CCC(C)(C)C)CC3)cc1F)C2. The van der Waals surface area contributed by atoms with Gasteiger partial charge in [-0.2, -0.15) is 5.10 Å². The highest BCUT2D eigenvalue weighted by Gasteiger charge is 2.29. The molecule has 0 unspecified atom stereocenters. The van der Waals surface area contributed by atoms with Crippen molar-refractivity contribution < 1.29 is 18.7 Å². The van der Waals surface area contributed by atoms with Gasteiger partial charge in [0.15, 0.2) is 0 Å². The summed E-state index contributed by atoms with van der Waals surface area (Å²) in [5.41, 5.74) is 2.73. The molecule has 2 aliphatic rings. The summed E-state index contributed by atoms with van der Waals surface area (Å²) in [7, 11) is 1.80. The Morgan fingerprint density at radius 3 is 2.64 bits per heavy atom. The Balaban J connectivity index is 1.19. The zero-order chi connectivity index (χ0) is 30.0. The van der Waals surface area contributed by atoms with Crippen molar-refractivity contribution in [2.45, 2.75) is 59.2 Å². The quantitative estimate of drug-likeness (QED) is 0.350. The van der Waals surface area contributed by atoms with Crippen LogP contribution in [0.4, 0.5) is 26.4 Å². The first-order chi connectivity index (χ1) is 20.0. The van der Waals surface area contributed by atoms with Gasteiger partial charge in [0, 0.05) is 37.3 Å². The van der Waals surface area contributed by atoms with Gasteiger partial charge in [-0.1, -0.05) is 38.4 Å². The number of carbonyl (C=O) groups is 2. The van der Waals surface area contributed by atoms with Crippen LogP contribution in [0, 0.1) is 11.2 Å². The second-order valence-corrected chi connectivity index (χ2v) is 12.7. The highest BCUT2D eigenvalue weighted by molar-refractivity contribution is 6.31. The van der Waals surface area contributed by atoms with Crippen molar-refractivity contribution in [2.75, 3.05) is 29.9 Å². The number of aryl methyl sites for hydroxylation is 1. The fraction of sp³-hybridized carbons (Fsp3) is 0.452. The number of fused-ring (bicyclic) bond motifs is 2. The van der Waals surface area contributed by atoms with Crippen LogP contribution in [0.15, 0.2) is 42.6 Å². The van der Waals surface area contributed by atoms with E-state index in [9.17, 15) is 9.59 Å². The number of hydrogen-bond acceptors (Lipinski definition) is 6. The Bertz CT molecular complexity index is 1460. The van der Waals surface area contributed by atoms with E-state index in [-0.39, 0.29) is 24.8 Å². The molecule has 2 aromatic carbocycles. The minimum Gasteiger partial charge on any atom is -0.446 e. The third kappa shape index (κ3) is 7.04. The van der Waals surface area contributed by atoms with E-state index in [1.165, 1.54) is 17.0 Å². The van der Waals surface area contributed by atoms with E-state index in [4.69, 9.17) is 16.3 Å². The van der Waals surface area contributed by atoms with Crippen molar-refractivity contribution >= 4 is 40.8 Å². The van der Waals surface area contributed by atoms with Crippen LogP contribution in [0.25, 0.3) is 0 Å². The average Bonchev–Trinajstić information content (AvgIpc) is 3.19. The highest BCUT2D eigenvalue weighted by atomic mass is 35.5. The van der Waals surface area contributed by atoms with Gasteiger partial charge in [-0.05, 0) is 67.1 Å². The van der Waals surface area contributed by atoms with Crippen molar-refractivity contribution in [3.05, 3.63) is 70.1 Å². The molecule has 0 saturated carbocycles. The van der Waals surface area contributed by atoms with Crippen LogP contribution in [0.5, 0.6) is 0 Å². The molecule has 0 radical (unpaired) electrons. The minimum atomic E-state index is -0.672. The van der Waals surface area contributed by atoms with E-state index in [2.05, 4.69) is 41.4 Å². The molecule has 0 atom stereocenters. The molecule has 2 aliphatic heterocycles. The standard InChI is InChI=1S/C31H38ClFN6O3/c1-31(2,3)11-14-38-12-9-23(10-13-38)42-30(41)34-17-20-5-7-24(25(33)15-20)29(40)39-19-21-18-35-37(4)28(21)36-26-16-22(32)6-8-27(26)39/h5-8,15-16,18,23,36H,9-14,17,19H2,1-4H3,(H,34,41). The van der Waals surface area contributed by atoms with E-state index in [1.54, 1.807) is 42.2 Å². The molecule has 224 valence electrons. The molecule has 42 heavy (non-hydrogen) atoms. The number of ether oxygens (including phenoxy) is 1. The lowest BCUT2D eigenvalue weighted by Crippen LogP contribution is -2.40. The lowest BCUT2D eigenvalue weighted by molar-refractivity contribution is 0.0479. The van der Waals surface area contributed by atoms with Crippen LogP contribution in [0.2, 0.25) is 5.02 Å². The molecular weight excluding hydrogens is 559 g/mol. The number of carbonyl (C=O) groups excluding carboxylic acids is 2. The van der Waals surface area contributed by atoms with Crippen molar-refractivity contribution in [3.63, 3.8) is 0 Å². The fourth-order valence-corrected chi connectivity index (χ4v) is 5.44. The third-order valence-corrected chi connectivity index (χ3v) is 8.01. The summed E-state index contributed by atoms with van der Waals surface area (Å²) in [6, 6.07) is 9.51. The van der Waals surface area contributed by atoms with Gasteiger partial charge in [0.05, 0.1) is 29.7 Å². The van der Waals surface area contributed by atoms with Gasteiger partial charge >= 0.3 is 6.09 Å². The molecule has 11 heteroatoms. The number of benzene rings is 2. The number of alkyl carbamates (subject to hydrolysis) is 1. The maximum atomic E-state index is 15.3. The van der Waals surface area contributed by atoms with Gasteiger partial charge in [0.1, 0.15) is 17.7 Å². The summed E-state index contributed by atoms with van der Waals surface area (Å²) >= 11 is 6.23. The van der Waals surface area contributed by atoms with Crippen LogP contribution in [-0.2, 0) is 24.9 Å². The maximum absolute atomic E-state index is 15.3. The highest BCUT2D eigenvalue weighted by Crippen LogP contribution is 2.38. The first-order valence-corrected chi connectivity index (χ1v) is 14.7. The molecule has 0 spiro atoms. The molecule has 3 aromatic rings. The first kappa shape index (κ1) is 29.8. The lowest BCUT2D eigenvalue weighted by Gasteiger charge is -2.33. The Morgan fingerprint density at radius 1 is 1.17 bits per heavy atom. The molecule has 1 fully saturated rings. The zero-order valence-electron chi connectivity index (χ0n) is 24.5. The number of piperidine rings is 1. The topological polar surface area (TPSA) is 91.7 Å². The van der Waals surface area contributed by atoms with Crippen LogP contribution in [0.3, 0.4) is 0 Å². The predicted octanol–water partition coefficient (Wildman–Crippen LogP) is 6.24. The number of likely N-dealkylation sites (tertiary alicyclic amines) is 1. The molecule has 0 aliphatic carbocycles. The van der Waals surface area contributed by atoms with Crippen LogP contribution < -0.4 is 15.5 Å². The number of halogens is 2. The smallest absolute Gasteiger partial charge is 0.407 e. The van der Waals surface area contributed by atoms with E-state index in [1.807, 2.05) is 0 Å². The monoisotopic (exact) mass is 596 g/mol. The van der Waals surface area contributed by atoms with Crippen LogP contribution in [0.1, 0.15) is 61.5 Å². The molecule has 2 N–H and O–H groups in total. The number of nitrogens with zero attached hydrogens (tertiary/aromatic N) is 4. The predicted molar refractivity (Wildman–Crippen MR) is 162 cm³/mol. The Hall–Kier alpha value is -3.63. The molecule has 9 nitrogen and oxygen atoms in total. The second kappa shape index (κ2) is 12.3. The average molecular weight is 597 g/mol. The second-order valence-electron chi connectivity index (χ2n) is 12.2. The van der Waals surface area contributed by atoms with Gasteiger partial charge in [-0.15, -0.1) is 0 Å².